The number of fused-ring (bicyclic) bond motifs is 1. The Kier molecular flexibility index (Phi) is 4.67. The molecule has 0 saturated carbocycles. The number of pyridine rings is 1. The lowest BCUT2D eigenvalue weighted by Crippen LogP contribution is -2.40. The van der Waals surface area contributed by atoms with Crippen molar-refractivity contribution in [2.75, 3.05) is 13.1 Å². The molecular formula is C22H19FN2O2. The lowest BCUT2D eigenvalue weighted by atomic mass is 9.88. The fraction of sp³-hybridized carbons (Fsp3) is 0.227. The smallest absolute Gasteiger partial charge is 0.253 e. The van der Waals surface area contributed by atoms with Crippen LogP contribution in [0.3, 0.4) is 0 Å². The Bertz CT molecular complexity index is 993. The number of aromatic nitrogens is 1. The number of amides is 1. The zero-order valence-electron chi connectivity index (χ0n) is 14.8. The minimum absolute atomic E-state index is 0.0200. The number of ketones is 1. The Morgan fingerprint density at radius 1 is 0.963 bits per heavy atom. The molecule has 3 aromatic rings. The topological polar surface area (TPSA) is 50.3 Å². The van der Waals surface area contributed by atoms with E-state index in [4.69, 9.17) is 0 Å². The summed E-state index contributed by atoms with van der Waals surface area (Å²) in [5, 5.41) is 0.935. The van der Waals surface area contributed by atoms with E-state index < -0.39 is 0 Å². The van der Waals surface area contributed by atoms with Crippen LogP contribution in [-0.2, 0) is 0 Å². The number of Topliss-reactive ketones (excluding diaryl/α,β-unsaturated/α-hetero) is 1. The number of rotatable bonds is 3. The number of hydrogen-bond donors (Lipinski definition) is 0. The molecular weight excluding hydrogens is 343 g/mol. The first-order valence-electron chi connectivity index (χ1n) is 9.06. The molecule has 0 spiro atoms. The summed E-state index contributed by atoms with van der Waals surface area (Å²) in [4.78, 5) is 31.4. The third-order valence-electron chi connectivity index (χ3n) is 5.13. The van der Waals surface area contributed by atoms with E-state index in [0.29, 0.717) is 37.1 Å². The Balaban J connectivity index is 1.42. The van der Waals surface area contributed by atoms with E-state index in [1.54, 1.807) is 17.2 Å². The molecule has 2 aromatic carbocycles. The monoisotopic (exact) mass is 362 g/mol. The molecule has 27 heavy (non-hydrogen) atoms. The van der Waals surface area contributed by atoms with Gasteiger partial charge in [-0.3, -0.25) is 14.6 Å². The SMILES string of the molecule is O=C(c1ccc(F)cc1)C1CCN(C(=O)c2ccc3ncccc3c2)CC1. The number of halogens is 1. The molecule has 0 aliphatic carbocycles. The molecule has 4 nitrogen and oxygen atoms in total. The Morgan fingerprint density at radius 3 is 2.41 bits per heavy atom. The standard InChI is InChI=1S/C22H19FN2O2/c23-19-6-3-15(4-7-19)21(26)16-9-12-25(13-10-16)22(27)18-5-8-20-17(14-18)2-1-11-24-20/h1-8,11,14,16H,9-10,12-13H2. The van der Waals surface area contributed by atoms with Crippen molar-refractivity contribution in [2.24, 2.45) is 5.92 Å². The van der Waals surface area contributed by atoms with Crippen molar-refractivity contribution in [3.63, 3.8) is 0 Å². The molecule has 4 rings (SSSR count). The van der Waals surface area contributed by atoms with Crippen LogP contribution in [0.25, 0.3) is 10.9 Å². The maximum Gasteiger partial charge on any atom is 0.253 e. The van der Waals surface area contributed by atoms with E-state index in [2.05, 4.69) is 4.98 Å². The number of carbonyl (C=O) groups excluding carboxylic acids is 2. The molecule has 0 atom stereocenters. The minimum Gasteiger partial charge on any atom is -0.339 e. The van der Waals surface area contributed by atoms with Crippen LogP contribution >= 0.6 is 0 Å². The summed E-state index contributed by atoms with van der Waals surface area (Å²) in [6.07, 6.45) is 2.97. The summed E-state index contributed by atoms with van der Waals surface area (Å²) in [6.45, 7) is 1.09. The highest BCUT2D eigenvalue weighted by Gasteiger charge is 2.28. The largest absolute Gasteiger partial charge is 0.339 e. The van der Waals surface area contributed by atoms with Crippen molar-refractivity contribution in [3.05, 3.63) is 77.7 Å². The van der Waals surface area contributed by atoms with Crippen LogP contribution in [0.5, 0.6) is 0 Å². The second-order valence-electron chi connectivity index (χ2n) is 6.85. The Labute approximate surface area is 156 Å². The second-order valence-corrected chi connectivity index (χ2v) is 6.85. The molecule has 0 N–H and O–H groups in total. The zero-order chi connectivity index (χ0) is 18.8. The third-order valence-corrected chi connectivity index (χ3v) is 5.13. The van der Waals surface area contributed by atoms with E-state index in [0.717, 1.165) is 10.9 Å². The van der Waals surface area contributed by atoms with E-state index in [1.807, 2.05) is 24.3 Å². The first-order chi connectivity index (χ1) is 13.1. The van der Waals surface area contributed by atoms with Crippen LogP contribution in [-0.4, -0.2) is 34.7 Å². The molecule has 1 aliphatic rings. The van der Waals surface area contributed by atoms with Gasteiger partial charge in [0, 0.05) is 41.7 Å². The van der Waals surface area contributed by atoms with E-state index in [1.165, 1.54) is 24.3 Å². The van der Waals surface area contributed by atoms with Gasteiger partial charge in [0.15, 0.2) is 5.78 Å². The van der Waals surface area contributed by atoms with Crippen LogP contribution in [0.2, 0.25) is 0 Å². The number of nitrogens with zero attached hydrogens (tertiary/aromatic N) is 2. The minimum atomic E-state index is -0.349. The normalized spacial score (nSPS) is 15.1. The van der Waals surface area contributed by atoms with E-state index >= 15 is 0 Å². The molecule has 1 aliphatic heterocycles. The summed E-state index contributed by atoms with van der Waals surface area (Å²) < 4.78 is 13.0. The van der Waals surface area contributed by atoms with Crippen LogP contribution in [0.4, 0.5) is 4.39 Å². The molecule has 0 bridgehead atoms. The number of carbonyl (C=O) groups is 2. The Hall–Kier alpha value is -3.08. The quantitative estimate of drug-likeness (QED) is 0.659. The van der Waals surface area contributed by atoms with Gasteiger partial charge in [-0.25, -0.2) is 4.39 Å². The van der Waals surface area contributed by atoms with Gasteiger partial charge in [0.1, 0.15) is 5.82 Å². The Morgan fingerprint density at radius 2 is 1.67 bits per heavy atom. The number of benzene rings is 2. The summed E-state index contributed by atoms with van der Waals surface area (Å²) >= 11 is 0. The van der Waals surface area contributed by atoms with Crippen molar-refractivity contribution in [1.29, 1.82) is 0 Å². The molecule has 1 fully saturated rings. The lowest BCUT2D eigenvalue weighted by Gasteiger charge is -2.31. The number of likely N-dealkylation sites (tertiary alicyclic amines) is 1. The van der Waals surface area contributed by atoms with Gasteiger partial charge in [0.25, 0.3) is 5.91 Å². The fourth-order valence-corrected chi connectivity index (χ4v) is 3.59. The van der Waals surface area contributed by atoms with Gasteiger partial charge in [-0.2, -0.15) is 0 Å². The lowest BCUT2D eigenvalue weighted by molar-refractivity contribution is 0.0650. The summed E-state index contributed by atoms with van der Waals surface area (Å²) in [5.41, 5.74) is 2.03. The van der Waals surface area contributed by atoms with Gasteiger partial charge >= 0.3 is 0 Å². The van der Waals surface area contributed by atoms with Crippen LogP contribution in [0.15, 0.2) is 60.8 Å². The van der Waals surface area contributed by atoms with Gasteiger partial charge in [0.05, 0.1) is 5.52 Å². The van der Waals surface area contributed by atoms with Crippen LogP contribution in [0.1, 0.15) is 33.6 Å². The highest BCUT2D eigenvalue weighted by Crippen LogP contribution is 2.24. The van der Waals surface area contributed by atoms with Gasteiger partial charge in [-0.15, -0.1) is 0 Å². The first-order valence-corrected chi connectivity index (χ1v) is 9.06. The summed E-state index contributed by atoms with van der Waals surface area (Å²) in [7, 11) is 0. The van der Waals surface area contributed by atoms with Gasteiger partial charge in [-0.05, 0) is 61.4 Å². The predicted molar refractivity (Wildman–Crippen MR) is 101 cm³/mol. The van der Waals surface area contributed by atoms with Gasteiger partial charge in [0.2, 0.25) is 0 Å². The van der Waals surface area contributed by atoms with Gasteiger partial charge in [-0.1, -0.05) is 6.07 Å². The fourth-order valence-electron chi connectivity index (χ4n) is 3.59. The predicted octanol–water partition coefficient (Wildman–Crippen LogP) is 4.11. The van der Waals surface area contributed by atoms with Crippen molar-refractivity contribution in [3.8, 4) is 0 Å². The summed E-state index contributed by atoms with van der Waals surface area (Å²) in [6, 6.07) is 15.0. The molecule has 2 heterocycles. The third kappa shape index (κ3) is 3.58. The number of hydrogen-bond acceptors (Lipinski definition) is 3. The van der Waals surface area contributed by atoms with Crippen molar-refractivity contribution in [2.45, 2.75) is 12.8 Å². The van der Waals surface area contributed by atoms with Crippen LogP contribution in [0, 0.1) is 11.7 Å². The maximum absolute atomic E-state index is 13.0. The number of piperidine rings is 1. The molecule has 1 amide bonds. The highest BCUT2D eigenvalue weighted by molar-refractivity contribution is 5.99. The molecule has 136 valence electrons. The molecule has 1 saturated heterocycles. The maximum atomic E-state index is 13.0. The first kappa shape index (κ1) is 17.3. The molecule has 0 radical (unpaired) electrons. The molecule has 0 unspecified atom stereocenters. The average molecular weight is 362 g/mol. The van der Waals surface area contributed by atoms with Crippen molar-refractivity contribution in [1.82, 2.24) is 9.88 Å². The second kappa shape index (κ2) is 7.27. The highest BCUT2D eigenvalue weighted by atomic mass is 19.1. The van der Waals surface area contributed by atoms with Crippen molar-refractivity contribution < 1.29 is 14.0 Å². The zero-order valence-corrected chi connectivity index (χ0v) is 14.8. The average Bonchev–Trinajstić information content (AvgIpc) is 2.73. The molecule has 5 heteroatoms. The van der Waals surface area contributed by atoms with Crippen molar-refractivity contribution >= 4 is 22.6 Å². The van der Waals surface area contributed by atoms with E-state index in [9.17, 15) is 14.0 Å². The van der Waals surface area contributed by atoms with E-state index in [-0.39, 0.29) is 23.4 Å². The summed E-state index contributed by atoms with van der Waals surface area (Å²) in [5.74, 6) is -0.467. The van der Waals surface area contributed by atoms with Crippen LogP contribution < -0.4 is 0 Å². The molecule has 1 aromatic heterocycles. The van der Waals surface area contributed by atoms with Gasteiger partial charge < -0.3 is 4.90 Å².